The van der Waals surface area contributed by atoms with Crippen molar-refractivity contribution in [2.45, 2.75) is 13.0 Å². The molecule has 112 valence electrons. The molecule has 0 bridgehead atoms. The van der Waals surface area contributed by atoms with Gasteiger partial charge in [0.2, 0.25) is 0 Å². The Morgan fingerprint density at radius 2 is 2.05 bits per heavy atom. The Bertz CT molecular complexity index is 422. The van der Waals surface area contributed by atoms with Crippen LogP contribution < -0.4 is 14.8 Å². The highest BCUT2D eigenvalue weighted by Crippen LogP contribution is 2.32. The highest BCUT2D eigenvalue weighted by molar-refractivity contribution is 5.44. The van der Waals surface area contributed by atoms with Gasteiger partial charge in [-0.2, -0.15) is 0 Å². The summed E-state index contributed by atoms with van der Waals surface area (Å²) in [4.78, 5) is 2.17. The maximum Gasteiger partial charge on any atom is 0.161 e. The lowest BCUT2D eigenvalue weighted by Crippen LogP contribution is -2.45. The second-order valence-corrected chi connectivity index (χ2v) is 4.80. The molecule has 0 saturated carbocycles. The van der Waals surface area contributed by atoms with E-state index in [4.69, 9.17) is 9.47 Å². The lowest BCUT2D eigenvalue weighted by Gasteiger charge is -2.33. The number of hydrogen-bond donors (Lipinski definition) is 1. The summed E-state index contributed by atoms with van der Waals surface area (Å²) in [5.74, 6) is 1.37. The number of benzene rings is 1. The van der Waals surface area contributed by atoms with Crippen LogP contribution in [-0.2, 0) is 0 Å². The fourth-order valence-corrected chi connectivity index (χ4v) is 2.56. The van der Waals surface area contributed by atoms with Crippen molar-refractivity contribution in [3.05, 3.63) is 23.8 Å². The number of nitrogens with zero attached hydrogens (tertiary/aromatic N) is 1. The van der Waals surface area contributed by atoms with E-state index in [0.717, 1.165) is 31.7 Å². The third kappa shape index (κ3) is 3.41. The van der Waals surface area contributed by atoms with Crippen LogP contribution in [0.2, 0.25) is 0 Å². The van der Waals surface area contributed by atoms with Gasteiger partial charge in [-0.05, 0) is 24.6 Å². The largest absolute Gasteiger partial charge is 0.493 e. The fourth-order valence-electron chi connectivity index (χ4n) is 2.56. The van der Waals surface area contributed by atoms with Gasteiger partial charge in [0.1, 0.15) is 6.67 Å². The fraction of sp³-hybridized carbons (Fsp3) is 0.600. The monoisotopic (exact) mass is 282 g/mol. The molecule has 4 nitrogen and oxygen atoms in total. The van der Waals surface area contributed by atoms with Crippen LogP contribution in [0, 0.1) is 0 Å². The zero-order valence-electron chi connectivity index (χ0n) is 12.2. The predicted molar refractivity (Wildman–Crippen MR) is 77.3 cm³/mol. The van der Waals surface area contributed by atoms with Crippen molar-refractivity contribution in [3.63, 3.8) is 0 Å². The van der Waals surface area contributed by atoms with E-state index in [0.29, 0.717) is 18.1 Å². The molecule has 0 spiro atoms. The Labute approximate surface area is 119 Å². The van der Waals surface area contributed by atoms with Gasteiger partial charge in [-0.1, -0.05) is 6.07 Å². The van der Waals surface area contributed by atoms with E-state index in [-0.39, 0.29) is 6.04 Å². The zero-order valence-corrected chi connectivity index (χ0v) is 12.2. The molecule has 0 aliphatic carbocycles. The van der Waals surface area contributed by atoms with Crippen LogP contribution >= 0.6 is 0 Å². The summed E-state index contributed by atoms with van der Waals surface area (Å²) >= 11 is 0. The van der Waals surface area contributed by atoms with Crippen molar-refractivity contribution in [1.29, 1.82) is 0 Å². The summed E-state index contributed by atoms with van der Waals surface area (Å²) in [7, 11) is 1.61. The normalized spacial score (nSPS) is 17.8. The Balaban J connectivity index is 2.22. The van der Waals surface area contributed by atoms with Gasteiger partial charge in [-0.3, -0.25) is 4.90 Å². The Kier molecular flexibility index (Phi) is 5.61. The van der Waals surface area contributed by atoms with Gasteiger partial charge in [0, 0.05) is 26.2 Å². The summed E-state index contributed by atoms with van der Waals surface area (Å²) in [6.07, 6.45) is 0. The molecule has 20 heavy (non-hydrogen) atoms. The molecule has 1 aliphatic rings. The number of methoxy groups -OCH3 is 1. The van der Waals surface area contributed by atoms with Crippen molar-refractivity contribution in [2.75, 3.05) is 46.6 Å². The highest BCUT2D eigenvalue weighted by Gasteiger charge is 2.23. The molecule has 0 amide bonds. The van der Waals surface area contributed by atoms with Gasteiger partial charge in [0.15, 0.2) is 11.5 Å². The van der Waals surface area contributed by atoms with E-state index in [1.807, 2.05) is 25.1 Å². The summed E-state index contributed by atoms with van der Waals surface area (Å²) in [6, 6.07) is 5.47. The Hall–Kier alpha value is -1.33. The van der Waals surface area contributed by atoms with Crippen LogP contribution in [0.15, 0.2) is 18.2 Å². The first-order valence-electron chi connectivity index (χ1n) is 7.11. The lowest BCUT2D eigenvalue weighted by molar-refractivity contribution is 0.147. The third-order valence-corrected chi connectivity index (χ3v) is 3.61. The molecular formula is C15H23FN2O2. The molecule has 1 saturated heterocycles. The van der Waals surface area contributed by atoms with E-state index in [1.54, 1.807) is 7.11 Å². The number of halogens is 1. The van der Waals surface area contributed by atoms with E-state index < -0.39 is 6.67 Å². The van der Waals surface area contributed by atoms with Crippen molar-refractivity contribution < 1.29 is 13.9 Å². The Morgan fingerprint density at radius 1 is 1.30 bits per heavy atom. The number of hydrogen-bond acceptors (Lipinski definition) is 4. The number of nitrogens with one attached hydrogen (secondary N) is 1. The molecule has 1 atom stereocenters. The average Bonchev–Trinajstić information content (AvgIpc) is 2.50. The molecular weight excluding hydrogens is 259 g/mol. The molecule has 1 aromatic carbocycles. The van der Waals surface area contributed by atoms with Crippen molar-refractivity contribution in [1.82, 2.24) is 10.2 Å². The first-order valence-corrected chi connectivity index (χ1v) is 7.11. The van der Waals surface area contributed by atoms with Gasteiger partial charge < -0.3 is 14.8 Å². The number of piperazine rings is 1. The molecule has 1 aliphatic heterocycles. The molecule has 1 fully saturated rings. The molecule has 0 radical (unpaired) electrons. The average molecular weight is 282 g/mol. The van der Waals surface area contributed by atoms with Gasteiger partial charge in [-0.15, -0.1) is 0 Å². The quantitative estimate of drug-likeness (QED) is 0.865. The molecule has 0 aromatic heterocycles. The van der Waals surface area contributed by atoms with Crippen LogP contribution in [-0.4, -0.2) is 51.5 Å². The summed E-state index contributed by atoms with van der Waals surface area (Å²) in [5, 5.41) is 3.29. The van der Waals surface area contributed by atoms with E-state index in [1.165, 1.54) is 0 Å². The minimum atomic E-state index is -0.391. The van der Waals surface area contributed by atoms with E-state index in [9.17, 15) is 4.39 Å². The first kappa shape index (κ1) is 15.1. The van der Waals surface area contributed by atoms with E-state index >= 15 is 0 Å². The summed E-state index contributed by atoms with van der Waals surface area (Å²) in [5.41, 5.74) is 0.943. The van der Waals surface area contributed by atoms with Crippen molar-refractivity contribution >= 4 is 0 Å². The molecule has 0 unspecified atom stereocenters. The maximum atomic E-state index is 13.5. The van der Waals surface area contributed by atoms with Crippen molar-refractivity contribution in [3.8, 4) is 11.5 Å². The first-order chi connectivity index (χ1) is 9.80. The third-order valence-electron chi connectivity index (χ3n) is 3.61. The molecule has 1 heterocycles. The van der Waals surface area contributed by atoms with Crippen LogP contribution in [0.4, 0.5) is 4.39 Å². The highest BCUT2D eigenvalue weighted by atomic mass is 19.1. The second-order valence-electron chi connectivity index (χ2n) is 4.80. The van der Waals surface area contributed by atoms with Crippen LogP contribution in [0.3, 0.4) is 0 Å². The minimum absolute atomic E-state index is 0.206. The van der Waals surface area contributed by atoms with Gasteiger partial charge in [0.05, 0.1) is 19.8 Å². The SMILES string of the molecule is CCOc1cc([C@@H](CF)N2CCNCC2)ccc1OC. The molecule has 2 rings (SSSR count). The van der Waals surface area contributed by atoms with E-state index in [2.05, 4.69) is 10.2 Å². The number of alkyl halides is 1. The predicted octanol–water partition coefficient (Wildman–Crippen LogP) is 2.01. The number of ether oxygens (including phenoxy) is 2. The summed E-state index contributed by atoms with van der Waals surface area (Å²) in [6.45, 7) is 5.64. The smallest absolute Gasteiger partial charge is 0.161 e. The maximum absolute atomic E-state index is 13.5. The minimum Gasteiger partial charge on any atom is -0.493 e. The van der Waals surface area contributed by atoms with Crippen LogP contribution in [0.25, 0.3) is 0 Å². The number of rotatable bonds is 6. The zero-order chi connectivity index (χ0) is 14.4. The van der Waals surface area contributed by atoms with Crippen LogP contribution in [0.1, 0.15) is 18.5 Å². The molecule has 5 heteroatoms. The lowest BCUT2D eigenvalue weighted by atomic mass is 10.0. The standard InChI is InChI=1S/C15H23FN2O2/c1-3-20-15-10-12(4-5-14(15)19-2)13(11-16)18-8-6-17-7-9-18/h4-5,10,13,17H,3,6-9,11H2,1-2H3/t13-/m1/s1. The Morgan fingerprint density at radius 3 is 2.65 bits per heavy atom. The molecule has 1 N–H and O–H groups in total. The van der Waals surface area contributed by atoms with Gasteiger partial charge in [0.25, 0.3) is 0 Å². The second kappa shape index (κ2) is 7.45. The van der Waals surface area contributed by atoms with Gasteiger partial charge >= 0.3 is 0 Å². The summed E-state index contributed by atoms with van der Waals surface area (Å²) < 4.78 is 24.3. The van der Waals surface area contributed by atoms with Gasteiger partial charge in [-0.25, -0.2) is 4.39 Å². The topological polar surface area (TPSA) is 33.7 Å². The molecule has 1 aromatic rings. The van der Waals surface area contributed by atoms with Crippen molar-refractivity contribution in [2.24, 2.45) is 0 Å². The van der Waals surface area contributed by atoms with Crippen LogP contribution in [0.5, 0.6) is 11.5 Å².